The lowest BCUT2D eigenvalue weighted by Gasteiger charge is -2.24. The molecule has 1 aliphatic heterocycles. The smallest absolute Gasteiger partial charge is 0.314 e. The molecule has 1 aromatic rings. The minimum atomic E-state index is -0.0975. The highest BCUT2D eigenvalue weighted by atomic mass is 16.2. The summed E-state index contributed by atoms with van der Waals surface area (Å²) in [6.07, 6.45) is 10.2. The number of unbranched alkanes of at least 4 members (excludes halogenated alkanes) is 1. The first-order chi connectivity index (χ1) is 9.74. The lowest BCUT2D eigenvalue weighted by Crippen LogP contribution is -2.39. The average molecular weight is 277 g/mol. The number of rotatable bonds is 6. The molecule has 110 valence electrons. The van der Waals surface area contributed by atoms with E-state index in [1.807, 2.05) is 11.0 Å². The number of aromatic nitrogens is 3. The summed E-state index contributed by atoms with van der Waals surface area (Å²) in [5.41, 5.74) is 0. The Kier molecular flexibility index (Phi) is 5.15. The van der Waals surface area contributed by atoms with Crippen molar-refractivity contribution in [3.05, 3.63) is 18.3 Å². The summed E-state index contributed by atoms with van der Waals surface area (Å²) in [6.45, 7) is 5.72. The highest BCUT2D eigenvalue weighted by Gasteiger charge is 2.24. The molecule has 0 aliphatic carbocycles. The van der Waals surface area contributed by atoms with Gasteiger partial charge in [-0.1, -0.05) is 44.1 Å². The monoisotopic (exact) mass is 277 g/mol. The van der Waals surface area contributed by atoms with Gasteiger partial charge in [0, 0.05) is 13.1 Å². The van der Waals surface area contributed by atoms with Crippen LogP contribution >= 0.6 is 0 Å². The molecule has 2 amide bonds. The van der Waals surface area contributed by atoms with Gasteiger partial charge in [-0.05, 0) is 12.8 Å². The number of urea groups is 1. The predicted octanol–water partition coefficient (Wildman–Crippen LogP) is 2.65. The maximum atomic E-state index is 12.3. The van der Waals surface area contributed by atoms with Crippen LogP contribution in [0.15, 0.2) is 18.3 Å². The van der Waals surface area contributed by atoms with Gasteiger partial charge in [0.15, 0.2) is 5.82 Å². The van der Waals surface area contributed by atoms with Gasteiger partial charge in [-0.3, -0.25) is 10.00 Å². The van der Waals surface area contributed by atoms with Gasteiger partial charge in [0.05, 0.1) is 12.2 Å². The minimum Gasteiger partial charge on any atom is -0.314 e. The third-order valence-corrected chi connectivity index (χ3v) is 3.40. The highest BCUT2D eigenvalue weighted by Crippen LogP contribution is 2.17. The Morgan fingerprint density at radius 1 is 1.45 bits per heavy atom. The molecular formula is C14H23N5O. The summed E-state index contributed by atoms with van der Waals surface area (Å²) >= 11 is 0. The van der Waals surface area contributed by atoms with Gasteiger partial charge in [-0.15, -0.1) is 5.10 Å². The molecule has 0 unspecified atom stereocenters. The van der Waals surface area contributed by atoms with E-state index in [1.54, 1.807) is 10.9 Å². The van der Waals surface area contributed by atoms with Crippen molar-refractivity contribution in [3.8, 4) is 0 Å². The Labute approximate surface area is 119 Å². The Morgan fingerprint density at radius 3 is 3.05 bits per heavy atom. The first kappa shape index (κ1) is 14.6. The van der Waals surface area contributed by atoms with E-state index in [1.165, 1.54) is 0 Å². The molecule has 0 saturated carbocycles. The van der Waals surface area contributed by atoms with E-state index in [4.69, 9.17) is 0 Å². The second kappa shape index (κ2) is 7.07. The number of hydrogen-bond acceptors (Lipinski definition) is 3. The molecule has 1 aromatic heterocycles. The van der Waals surface area contributed by atoms with Crippen LogP contribution in [-0.4, -0.2) is 38.5 Å². The lowest BCUT2D eigenvalue weighted by atomic mass is 10.1. The lowest BCUT2D eigenvalue weighted by molar-refractivity contribution is 0.208. The molecule has 1 atom stereocenters. The second-order valence-electron chi connectivity index (χ2n) is 5.09. The normalized spacial score (nSPS) is 17.7. The van der Waals surface area contributed by atoms with Gasteiger partial charge in [-0.2, -0.15) is 0 Å². The van der Waals surface area contributed by atoms with Crippen molar-refractivity contribution < 1.29 is 4.79 Å². The van der Waals surface area contributed by atoms with Crippen LogP contribution in [0.2, 0.25) is 0 Å². The van der Waals surface area contributed by atoms with Crippen molar-refractivity contribution in [2.75, 3.05) is 11.9 Å². The largest absolute Gasteiger partial charge is 0.323 e. The van der Waals surface area contributed by atoms with Crippen LogP contribution in [0.5, 0.6) is 0 Å². The molecule has 1 N–H and O–H groups in total. The van der Waals surface area contributed by atoms with E-state index in [9.17, 15) is 4.79 Å². The molecule has 0 radical (unpaired) electrons. The van der Waals surface area contributed by atoms with Crippen LogP contribution in [0.4, 0.5) is 10.6 Å². The van der Waals surface area contributed by atoms with Gasteiger partial charge >= 0.3 is 6.03 Å². The van der Waals surface area contributed by atoms with Crippen molar-refractivity contribution in [3.63, 3.8) is 0 Å². The van der Waals surface area contributed by atoms with Crippen molar-refractivity contribution in [2.45, 2.75) is 52.1 Å². The van der Waals surface area contributed by atoms with Crippen LogP contribution in [0.1, 0.15) is 39.5 Å². The van der Waals surface area contributed by atoms with Crippen molar-refractivity contribution in [1.29, 1.82) is 0 Å². The third kappa shape index (κ3) is 3.59. The summed E-state index contributed by atoms with van der Waals surface area (Å²) in [5, 5.41) is 10.8. The number of carbonyl (C=O) groups is 1. The minimum absolute atomic E-state index is 0.0975. The van der Waals surface area contributed by atoms with E-state index in [2.05, 4.69) is 35.6 Å². The SMILES string of the molecule is CCCC[C@@H]1C=CCN1C(=O)Nc1cn(CCC)nn1. The zero-order valence-electron chi connectivity index (χ0n) is 12.2. The molecule has 2 rings (SSSR count). The van der Waals surface area contributed by atoms with Crippen LogP contribution in [0.3, 0.4) is 0 Å². The third-order valence-electron chi connectivity index (χ3n) is 3.40. The Balaban J connectivity index is 1.90. The molecule has 0 fully saturated rings. The standard InChI is InChI=1S/C14H23N5O/c1-3-5-7-12-8-6-10-19(12)14(20)15-13-11-18(9-4-2)17-16-13/h6,8,11-12H,3-5,7,9-10H2,1-2H3,(H,15,20)/t12-/m1/s1. The average Bonchev–Trinajstić information content (AvgIpc) is 3.06. The number of nitrogens with zero attached hydrogens (tertiary/aromatic N) is 4. The summed E-state index contributed by atoms with van der Waals surface area (Å²) in [4.78, 5) is 14.1. The molecule has 1 aliphatic rings. The van der Waals surface area contributed by atoms with E-state index in [0.29, 0.717) is 12.4 Å². The fraction of sp³-hybridized carbons (Fsp3) is 0.643. The first-order valence-electron chi connectivity index (χ1n) is 7.39. The van der Waals surface area contributed by atoms with Gasteiger partial charge in [-0.25, -0.2) is 4.79 Å². The number of nitrogens with one attached hydrogen (secondary N) is 1. The number of amides is 2. The summed E-state index contributed by atoms with van der Waals surface area (Å²) < 4.78 is 1.74. The molecule has 0 bridgehead atoms. The highest BCUT2D eigenvalue weighted by molar-refractivity contribution is 5.88. The predicted molar refractivity (Wildman–Crippen MR) is 78.5 cm³/mol. The van der Waals surface area contributed by atoms with Crippen LogP contribution < -0.4 is 5.32 Å². The van der Waals surface area contributed by atoms with Gasteiger partial charge in [0.1, 0.15) is 0 Å². The quantitative estimate of drug-likeness (QED) is 0.813. The zero-order valence-corrected chi connectivity index (χ0v) is 12.2. The van der Waals surface area contributed by atoms with Gasteiger partial charge in [0.2, 0.25) is 0 Å². The first-order valence-corrected chi connectivity index (χ1v) is 7.39. The molecule has 0 aromatic carbocycles. The van der Waals surface area contributed by atoms with E-state index >= 15 is 0 Å². The van der Waals surface area contributed by atoms with Gasteiger partial charge in [0.25, 0.3) is 0 Å². The molecular weight excluding hydrogens is 254 g/mol. The molecule has 2 heterocycles. The molecule has 20 heavy (non-hydrogen) atoms. The summed E-state index contributed by atoms with van der Waals surface area (Å²) in [5.74, 6) is 0.518. The second-order valence-corrected chi connectivity index (χ2v) is 5.09. The fourth-order valence-electron chi connectivity index (χ4n) is 2.35. The van der Waals surface area contributed by atoms with Crippen molar-refractivity contribution >= 4 is 11.8 Å². The Bertz CT molecular complexity index is 468. The topological polar surface area (TPSA) is 63.1 Å². The maximum absolute atomic E-state index is 12.3. The zero-order chi connectivity index (χ0) is 14.4. The number of aryl methyl sites for hydroxylation is 1. The van der Waals surface area contributed by atoms with E-state index < -0.39 is 0 Å². The molecule has 6 nitrogen and oxygen atoms in total. The van der Waals surface area contributed by atoms with Crippen LogP contribution in [0, 0.1) is 0 Å². The maximum Gasteiger partial charge on any atom is 0.323 e. The van der Waals surface area contributed by atoms with Crippen LogP contribution in [-0.2, 0) is 6.54 Å². The van der Waals surface area contributed by atoms with Crippen LogP contribution in [0.25, 0.3) is 0 Å². The van der Waals surface area contributed by atoms with Gasteiger partial charge < -0.3 is 4.90 Å². The molecule has 0 spiro atoms. The van der Waals surface area contributed by atoms with Crippen molar-refractivity contribution in [1.82, 2.24) is 19.9 Å². The number of anilines is 1. The summed E-state index contributed by atoms with van der Waals surface area (Å²) in [6, 6.07) is 0.111. The van der Waals surface area contributed by atoms with E-state index in [0.717, 1.165) is 32.2 Å². The number of hydrogen-bond donors (Lipinski definition) is 1. The Hall–Kier alpha value is -1.85. The molecule has 0 saturated heterocycles. The Morgan fingerprint density at radius 2 is 2.30 bits per heavy atom. The van der Waals surface area contributed by atoms with Crippen molar-refractivity contribution in [2.24, 2.45) is 0 Å². The van der Waals surface area contributed by atoms with E-state index in [-0.39, 0.29) is 12.1 Å². The number of carbonyl (C=O) groups excluding carboxylic acids is 1. The fourth-order valence-corrected chi connectivity index (χ4v) is 2.35. The molecule has 6 heteroatoms. The summed E-state index contributed by atoms with van der Waals surface area (Å²) in [7, 11) is 0.